The lowest BCUT2D eigenvalue weighted by molar-refractivity contribution is -0.155. The molecule has 11 nitrogen and oxygen atoms in total. The molecule has 0 radical (unpaired) electrons. The van der Waals surface area contributed by atoms with Crippen LogP contribution in [0.25, 0.3) is 0 Å². The summed E-state index contributed by atoms with van der Waals surface area (Å²) in [4.78, 5) is 64.3. The van der Waals surface area contributed by atoms with Gasteiger partial charge in [-0.05, 0) is 52.0 Å². The number of amides is 4. The molecule has 1 aromatic rings. The Bertz CT molecular complexity index is 991. The second kappa shape index (κ2) is 13.8. The van der Waals surface area contributed by atoms with Gasteiger partial charge in [-0.25, -0.2) is 9.59 Å². The summed E-state index contributed by atoms with van der Waals surface area (Å²) in [6, 6.07) is 6.73. The van der Waals surface area contributed by atoms with Crippen molar-refractivity contribution in [2.24, 2.45) is 5.92 Å². The third-order valence-corrected chi connectivity index (χ3v) is 5.83. The van der Waals surface area contributed by atoms with E-state index in [4.69, 9.17) is 9.47 Å². The van der Waals surface area contributed by atoms with Gasteiger partial charge in [0.05, 0.1) is 6.54 Å². The highest BCUT2D eigenvalue weighted by molar-refractivity contribution is 5.93. The monoisotopic (exact) mass is 532 g/mol. The van der Waals surface area contributed by atoms with Gasteiger partial charge in [-0.1, -0.05) is 44.2 Å². The average Bonchev–Trinajstić information content (AvgIpc) is 3.33. The maximum atomic E-state index is 13.3. The van der Waals surface area contributed by atoms with E-state index >= 15 is 0 Å². The van der Waals surface area contributed by atoms with Crippen LogP contribution < -0.4 is 16.0 Å². The van der Waals surface area contributed by atoms with Gasteiger partial charge in [-0.3, -0.25) is 14.4 Å². The lowest BCUT2D eigenvalue weighted by Crippen LogP contribution is -2.56. The van der Waals surface area contributed by atoms with Crippen molar-refractivity contribution in [1.82, 2.24) is 20.9 Å². The van der Waals surface area contributed by atoms with Gasteiger partial charge < -0.3 is 30.3 Å². The number of carbonyl (C=O) groups excluding carboxylic acids is 5. The second-order valence-corrected chi connectivity index (χ2v) is 10.7. The highest BCUT2D eigenvalue weighted by Crippen LogP contribution is 2.22. The zero-order chi connectivity index (χ0) is 28.5. The van der Waals surface area contributed by atoms with Crippen LogP contribution in [0.1, 0.15) is 59.9 Å². The zero-order valence-electron chi connectivity index (χ0n) is 23.0. The lowest BCUT2D eigenvalue weighted by Gasteiger charge is -2.30. The Balaban J connectivity index is 1.90. The molecule has 4 amide bonds. The van der Waals surface area contributed by atoms with Crippen LogP contribution in [0.5, 0.6) is 0 Å². The number of ether oxygens (including phenoxy) is 2. The predicted octanol–water partition coefficient (Wildman–Crippen LogP) is 1.89. The molecule has 0 unspecified atom stereocenters. The molecule has 3 atom stereocenters. The molecule has 3 N–H and O–H groups in total. The van der Waals surface area contributed by atoms with E-state index in [1.54, 1.807) is 34.6 Å². The number of alkyl carbamates (subject to hydrolysis) is 1. The Hall–Kier alpha value is -3.63. The van der Waals surface area contributed by atoms with Crippen LogP contribution >= 0.6 is 0 Å². The third kappa shape index (κ3) is 9.68. The summed E-state index contributed by atoms with van der Waals surface area (Å²) in [7, 11) is 0. The number of benzene rings is 1. The van der Waals surface area contributed by atoms with Crippen molar-refractivity contribution in [1.29, 1.82) is 0 Å². The molecule has 210 valence electrons. The molecule has 1 aromatic carbocycles. The molecule has 1 aliphatic rings. The summed E-state index contributed by atoms with van der Waals surface area (Å²) in [5.74, 6) is -2.28. The molecule has 1 aliphatic heterocycles. The number of nitrogens with zero attached hydrogens (tertiary/aromatic N) is 1. The Labute approximate surface area is 224 Å². The largest absolute Gasteiger partial charge is 0.459 e. The molecule has 0 aliphatic carbocycles. The van der Waals surface area contributed by atoms with Crippen LogP contribution in [-0.4, -0.2) is 71.5 Å². The number of hydrogen-bond acceptors (Lipinski definition) is 7. The normalized spacial score (nSPS) is 16.8. The van der Waals surface area contributed by atoms with E-state index in [0.717, 1.165) is 5.56 Å². The van der Waals surface area contributed by atoms with Crippen molar-refractivity contribution in [3.63, 3.8) is 0 Å². The van der Waals surface area contributed by atoms with Crippen molar-refractivity contribution >= 4 is 29.8 Å². The second-order valence-electron chi connectivity index (χ2n) is 10.7. The minimum atomic E-state index is -0.938. The third-order valence-electron chi connectivity index (χ3n) is 5.83. The first-order valence-electron chi connectivity index (χ1n) is 12.9. The molecule has 38 heavy (non-hydrogen) atoms. The van der Waals surface area contributed by atoms with Crippen LogP contribution in [0.2, 0.25) is 0 Å². The van der Waals surface area contributed by atoms with Crippen LogP contribution in [0.4, 0.5) is 4.79 Å². The van der Waals surface area contributed by atoms with E-state index in [2.05, 4.69) is 16.0 Å². The van der Waals surface area contributed by atoms with E-state index in [1.165, 1.54) is 11.8 Å². The molecule has 0 saturated carbocycles. The maximum absolute atomic E-state index is 13.3. The molecular weight excluding hydrogens is 492 g/mol. The topological polar surface area (TPSA) is 143 Å². The smallest absolute Gasteiger partial charge is 0.408 e. The quantitative estimate of drug-likeness (QED) is 0.391. The lowest BCUT2D eigenvalue weighted by atomic mass is 10.0. The summed E-state index contributed by atoms with van der Waals surface area (Å²) in [6.45, 7) is 10.2. The summed E-state index contributed by atoms with van der Waals surface area (Å²) >= 11 is 0. The van der Waals surface area contributed by atoms with Crippen molar-refractivity contribution < 1.29 is 33.4 Å². The Morgan fingerprint density at radius 2 is 1.68 bits per heavy atom. The first-order chi connectivity index (χ1) is 17.8. The van der Waals surface area contributed by atoms with Crippen molar-refractivity contribution in [2.45, 2.75) is 84.7 Å². The minimum absolute atomic E-state index is 0.115. The van der Waals surface area contributed by atoms with Crippen LogP contribution in [0, 0.1) is 5.92 Å². The molecule has 0 aromatic heterocycles. The molecule has 0 spiro atoms. The Morgan fingerprint density at radius 1 is 1.03 bits per heavy atom. The number of hydrogen-bond donors (Lipinski definition) is 3. The number of esters is 1. The first kappa shape index (κ1) is 30.6. The van der Waals surface area contributed by atoms with Gasteiger partial charge in [-0.2, -0.15) is 0 Å². The van der Waals surface area contributed by atoms with E-state index in [1.807, 2.05) is 30.3 Å². The van der Waals surface area contributed by atoms with Gasteiger partial charge in [0.1, 0.15) is 30.3 Å². The van der Waals surface area contributed by atoms with E-state index in [9.17, 15) is 24.0 Å². The van der Waals surface area contributed by atoms with Crippen molar-refractivity contribution in [3.8, 4) is 0 Å². The van der Waals surface area contributed by atoms with Gasteiger partial charge in [0.15, 0.2) is 0 Å². The van der Waals surface area contributed by atoms with Crippen LogP contribution in [-0.2, 0) is 35.3 Å². The Kier molecular flexibility index (Phi) is 11.1. The molecule has 1 heterocycles. The van der Waals surface area contributed by atoms with Crippen molar-refractivity contribution in [3.05, 3.63) is 35.9 Å². The molecule has 1 fully saturated rings. The summed E-state index contributed by atoms with van der Waals surface area (Å²) < 4.78 is 10.6. The van der Waals surface area contributed by atoms with E-state index in [0.29, 0.717) is 19.4 Å². The zero-order valence-corrected chi connectivity index (χ0v) is 23.0. The highest BCUT2D eigenvalue weighted by atomic mass is 16.6. The number of carbonyl (C=O) groups is 5. The summed E-state index contributed by atoms with van der Waals surface area (Å²) in [6.07, 6.45) is 0.378. The van der Waals surface area contributed by atoms with Gasteiger partial charge in [0.2, 0.25) is 17.7 Å². The SMILES string of the molecule is CC(C)[C@H](NC(=O)CNC(=O)[C@H](C)NC(=O)OC(C)(C)C)C(=O)N1CCC[C@H]1C(=O)OCc1ccccc1. The van der Waals surface area contributed by atoms with E-state index < -0.39 is 54.1 Å². The minimum Gasteiger partial charge on any atom is -0.459 e. The highest BCUT2D eigenvalue weighted by Gasteiger charge is 2.39. The molecule has 1 saturated heterocycles. The summed E-state index contributed by atoms with van der Waals surface area (Å²) in [5, 5.41) is 7.51. The molecule has 11 heteroatoms. The average molecular weight is 533 g/mol. The summed E-state index contributed by atoms with van der Waals surface area (Å²) in [5.41, 5.74) is 0.132. The number of rotatable bonds is 10. The molecular formula is C27H40N4O7. The van der Waals surface area contributed by atoms with Crippen LogP contribution in [0.15, 0.2) is 30.3 Å². The fourth-order valence-electron chi connectivity index (χ4n) is 3.89. The standard InChI is InChI=1S/C27H40N4O7/c1-17(2)22(30-21(32)15-28-23(33)18(3)29-26(36)38-27(4,5)6)24(34)31-14-10-13-20(31)25(35)37-16-19-11-8-7-9-12-19/h7-9,11-12,17-18,20,22H,10,13-16H2,1-6H3,(H,28,33)(H,29,36)(H,30,32)/t18-,20-,22-/m0/s1. The number of nitrogens with one attached hydrogen (secondary N) is 3. The van der Waals surface area contributed by atoms with Gasteiger partial charge >= 0.3 is 12.1 Å². The molecule has 0 bridgehead atoms. The number of likely N-dealkylation sites (tertiary alicyclic amines) is 1. The van der Waals surface area contributed by atoms with Crippen LogP contribution in [0.3, 0.4) is 0 Å². The fourth-order valence-corrected chi connectivity index (χ4v) is 3.89. The fraction of sp³-hybridized carbons (Fsp3) is 0.593. The maximum Gasteiger partial charge on any atom is 0.408 e. The van der Waals surface area contributed by atoms with Gasteiger partial charge in [0, 0.05) is 6.54 Å². The van der Waals surface area contributed by atoms with Gasteiger partial charge in [0.25, 0.3) is 0 Å². The van der Waals surface area contributed by atoms with Gasteiger partial charge in [-0.15, -0.1) is 0 Å². The van der Waals surface area contributed by atoms with Crippen molar-refractivity contribution in [2.75, 3.05) is 13.1 Å². The Morgan fingerprint density at radius 3 is 2.29 bits per heavy atom. The molecule has 2 rings (SSSR count). The first-order valence-corrected chi connectivity index (χ1v) is 12.9. The predicted molar refractivity (Wildman–Crippen MR) is 140 cm³/mol. The van der Waals surface area contributed by atoms with E-state index in [-0.39, 0.29) is 18.4 Å².